The molecule has 3 aromatic carbocycles. The third kappa shape index (κ3) is 5.25. The van der Waals surface area contributed by atoms with Crippen LogP contribution < -0.4 is 0 Å². The molecule has 40 heavy (non-hydrogen) atoms. The number of halogens is 1. The van der Waals surface area contributed by atoms with E-state index in [2.05, 4.69) is 37.6 Å². The van der Waals surface area contributed by atoms with Crippen LogP contribution in [0.2, 0.25) is 0 Å². The van der Waals surface area contributed by atoms with E-state index in [0.717, 1.165) is 26.5 Å². The number of nitrogens with zero attached hydrogens (tertiary/aromatic N) is 4. The number of benzene rings is 3. The minimum atomic E-state index is -1.35. The SMILES string of the molecule is CCOC(=O)CN1C(=O)N(CCCc2cncn2Cc2ccc(Br)cc2)C(=O)C1(C)c1cccc2ccccc12. The van der Waals surface area contributed by atoms with Crippen molar-refractivity contribution in [3.63, 3.8) is 0 Å². The summed E-state index contributed by atoms with van der Waals surface area (Å²) in [6, 6.07) is 21.1. The van der Waals surface area contributed by atoms with Gasteiger partial charge in [0.2, 0.25) is 0 Å². The highest BCUT2D eigenvalue weighted by Gasteiger charge is 2.56. The Kier molecular flexibility index (Phi) is 8.02. The molecule has 1 saturated heterocycles. The molecule has 5 rings (SSSR count). The number of imide groups is 1. The van der Waals surface area contributed by atoms with Crippen LogP contribution in [0.4, 0.5) is 4.79 Å². The zero-order valence-corrected chi connectivity index (χ0v) is 24.1. The number of hydrogen-bond acceptors (Lipinski definition) is 5. The Morgan fingerprint density at radius 2 is 1.77 bits per heavy atom. The maximum Gasteiger partial charge on any atom is 0.328 e. The number of ether oxygens (including phenoxy) is 1. The number of aromatic nitrogens is 2. The summed E-state index contributed by atoms with van der Waals surface area (Å²) in [5.41, 5.74) is 1.49. The van der Waals surface area contributed by atoms with Gasteiger partial charge in [0.15, 0.2) is 0 Å². The second-order valence-electron chi connectivity index (χ2n) is 9.97. The third-order valence-corrected chi connectivity index (χ3v) is 7.98. The monoisotopic (exact) mass is 602 g/mol. The molecule has 0 spiro atoms. The molecular formula is C31H31BrN4O4. The molecule has 1 unspecified atom stereocenters. The maximum atomic E-state index is 14.0. The molecule has 1 fully saturated rings. The molecule has 0 N–H and O–H groups in total. The Morgan fingerprint density at radius 1 is 1.02 bits per heavy atom. The van der Waals surface area contributed by atoms with Gasteiger partial charge in [-0.25, -0.2) is 9.78 Å². The summed E-state index contributed by atoms with van der Waals surface area (Å²) in [7, 11) is 0. The van der Waals surface area contributed by atoms with E-state index < -0.39 is 17.5 Å². The molecule has 0 radical (unpaired) electrons. The molecular weight excluding hydrogens is 572 g/mol. The molecule has 2 heterocycles. The summed E-state index contributed by atoms with van der Waals surface area (Å²) in [6.45, 7) is 4.22. The van der Waals surface area contributed by atoms with Crippen molar-refractivity contribution in [1.82, 2.24) is 19.4 Å². The first-order chi connectivity index (χ1) is 19.3. The van der Waals surface area contributed by atoms with Crippen molar-refractivity contribution in [2.75, 3.05) is 19.7 Å². The van der Waals surface area contributed by atoms with Gasteiger partial charge in [0.25, 0.3) is 5.91 Å². The molecule has 0 bridgehead atoms. The number of fused-ring (bicyclic) bond motifs is 1. The van der Waals surface area contributed by atoms with Gasteiger partial charge in [-0.2, -0.15) is 0 Å². The lowest BCUT2D eigenvalue weighted by Crippen LogP contribution is -2.47. The number of hydrogen-bond donors (Lipinski definition) is 0. The molecule has 1 atom stereocenters. The Labute approximate surface area is 241 Å². The van der Waals surface area contributed by atoms with Crippen LogP contribution in [0.15, 0.2) is 83.7 Å². The van der Waals surface area contributed by atoms with Crippen LogP contribution in [-0.4, -0.2) is 57.0 Å². The van der Waals surface area contributed by atoms with E-state index in [1.807, 2.05) is 60.8 Å². The Balaban J connectivity index is 1.38. The van der Waals surface area contributed by atoms with Gasteiger partial charge in [0.05, 0.1) is 12.9 Å². The second-order valence-corrected chi connectivity index (χ2v) is 10.9. The summed E-state index contributed by atoms with van der Waals surface area (Å²) in [4.78, 5) is 47.3. The van der Waals surface area contributed by atoms with Gasteiger partial charge in [-0.05, 0) is 60.7 Å². The number of rotatable bonds is 10. The highest BCUT2D eigenvalue weighted by molar-refractivity contribution is 9.10. The van der Waals surface area contributed by atoms with E-state index in [4.69, 9.17) is 4.74 Å². The van der Waals surface area contributed by atoms with Gasteiger partial charge in [-0.1, -0.05) is 70.5 Å². The number of carbonyl (C=O) groups is 3. The van der Waals surface area contributed by atoms with Crippen molar-refractivity contribution < 1.29 is 19.1 Å². The average molecular weight is 604 g/mol. The fourth-order valence-electron chi connectivity index (χ4n) is 5.37. The highest BCUT2D eigenvalue weighted by atomic mass is 79.9. The third-order valence-electron chi connectivity index (χ3n) is 7.45. The fraction of sp³-hybridized carbons (Fsp3) is 0.290. The van der Waals surface area contributed by atoms with Crippen molar-refractivity contribution in [2.45, 2.75) is 38.8 Å². The van der Waals surface area contributed by atoms with Gasteiger partial charge >= 0.3 is 12.0 Å². The molecule has 206 valence electrons. The van der Waals surface area contributed by atoms with Crippen LogP contribution >= 0.6 is 15.9 Å². The number of carbonyl (C=O) groups excluding carboxylic acids is 3. The molecule has 1 aliphatic heterocycles. The number of urea groups is 1. The van der Waals surface area contributed by atoms with Gasteiger partial charge in [0, 0.05) is 29.5 Å². The first-order valence-corrected chi connectivity index (χ1v) is 14.1. The number of imidazole rings is 1. The van der Waals surface area contributed by atoms with E-state index in [1.54, 1.807) is 20.2 Å². The molecule has 0 aliphatic carbocycles. The normalized spacial score (nSPS) is 17.2. The van der Waals surface area contributed by atoms with Crippen LogP contribution in [0, 0.1) is 0 Å². The number of amides is 3. The van der Waals surface area contributed by atoms with Crippen LogP contribution in [0.3, 0.4) is 0 Å². The fourth-order valence-corrected chi connectivity index (χ4v) is 5.64. The molecule has 3 amide bonds. The van der Waals surface area contributed by atoms with Gasteiger partial charge in [-0.3, -0.25) is 19.4 Å². The Hall–Kier alpha value is -3.98. The first-order valence-electron chi connectivity index (χ1n) is 13.3. The smallest absolute Gasteiger partial charge is 0.328 e. The zero-order valence-electron chi connectivity index (χ0n) is 22.5. The standard InChI is InChI=1S/C31H31BrN4O4/c1-3-40-28(37)20-36-30(39)35(29(38)31(36,2)27-12-6-9-23-8-4-5-11-26(23)27)17-7-10-25-18-33-21-34(25)19-22-13-15-24(32)16-14-22/h4-6,8-9,11-16,18,21H,3,7,10,17,19-20H2,1-2H3. The predicted molar refractivity (Wildman–Crippen MR) is 156 cm³/mol. The Morgan fingerprint density at radius 3 is 2.55 bits per heavy atom. The quantitative estimate of drug-likeness (QED) is 0.176. The van der Waals surface area contributed by atoms with Crippen LogP contribution in [0.25, 0.3) is 10.8 Å². The topological polar surface area (TPSA) is 84.7 Å². The molecule has 1 aromatic heterocycles. The lowest BCUT2D eigenvalue weighted by molar-refractivity contribution is -0.145. The van der Waals surface area contributed by atoms with Crippen LogP contribution in [-0.2, 0) is 32.8 Å². The summed E-state index contributed by atoms with van der Waals surface area (Å²) >= 11 is 3.47. The van der Waals surface area contributed by atoms with E-state index in [0.29, 0.717) is 24.9 Å². The van der Waals surface area contributed by atoms with E-state index in [9.17, 15) is 14.4 Å². The highest BCUT2D eigenvalue weighted by Crippen LogP contribution is 2.40. The van der Waals surface area contributed by atoms with E-state index in [-0.39, 0.29) is 25.6 Å². The molecule has 9 heteroatoms. The molecule has 1 aliphatic rings. The molecule has 8 nitrogen and oxygen atoms in total. The van der Waals surface area contributed by atoms with Crippen molar-refractivity contribution in [3.05, 3.63) is 101 Å². The number of esters is 1. The Bertz CT molecular complexity index is 1550. The summed E-state index contributed by atoms with van der Waals surface area (Å²) in [5, 5.41) is 1.82. The molecule has 4 aromatic rings. The number of aryl methyl sites for hydroxylation is 1. The van der Waals surface area contributed by atoms with Crippen LogP contribution in [0.1, 0.15) is 37.1 Å². The maximum absolute atomic E-state index is 14.0. The largest absolute Gasteiger partial charge is 0.465 e. The van der Waals surface area contributed by atoms with Crippen molar-refractivity contribution in [3.8, 4) is 0 Å². The van der Waals surface area contributed by atoms with Gasteiger partial charge in [-0.15, -0.1) is 0 Å². The lowest BCUT2D eigenvalue weighted by Gasteiger charge is -2.32. The minimum Gasteiger partial charge on any atom is -0.465 e. The van der Waals surface area contributed by atoms with Crippen molar-refractivity contribution in [2.24, 2.45) is 0 Å². The summed E-state index contributed by atoms with van der Waals surface area (Å²) in [5.74, 6) is -0.893. The molecule has 0 saturated carbocycles. The van der Waals surface area contributed by atoms with Gasteiger partial charge in [0.1, 0.15) is 12.1 Å². The van der Waals surface area contributed by atoms with Gasteiger partial charge < -0.3 is 9.30 Å². The predicted octanol–water partition coefficient (Wildman–Crippen LogP) is 5.52. The summed E-state index contributed by atoms with van der Waals surface area (Å²) < 4.78 is 8.26. The first kappa shape index (κ1) is 27.6. The van der Waals surface area contributed by atoms with E-state index in [1.165, 1.54) is 9.80 Å². The lowest BCUT2D eigenvalue weighted by atomic mass is 9.86. The van der Waals surface area contributed by atoms with Crippen LogP contribution in [0.5, 0.6) is 0 Å². The average Bonchev–Trinajstić information content (AvgIpc) is 3.46. The van der Waals surface area contributed by atoms with Crippen molar-refractivity contribution >= 4 is 44.6 Å². The summed E-state index contributed by atoms with van der Waals surface area (Å²) in [6.07, 6.45) is 4.81. The second kappa shape index (κ2) is 11.6. The minimum absolute atomic E-state index is 0.192. The van der Waals surface area contributed by atoms with E-state index >= 15 is 0 Å². The van der Waals surface area contributed by atoms with Crippen molar-refractivity contribution in [1.29, 1.82) is 0 Å². The zero-order chi connectivity index (χ0) is 28.3.